The van der Waals surface area contributed by atoms with Crippen LogP contribution in [0.15, 0.2) is 17.1 Å². The molecule has 2 rings (SSSR count). The maximum atomic E-state index is 5.96. The molecule has 1 saturated carbocycles. The third-order valence-electron chi connectivity index (χ3n) is 3.76. The molecule has 1 aromatic rings. The minimum Gasteiger partial charge on any atom is -0.474 e. The molecule has 1 aliphatic carbocycles. The number of rotatable bonds is 5. The number of hydrogen-bond donors (Lipinski definition) is 0. The highest BCUT2D eigenvalue weighted by atomic mass is 16.5. The van der Waals surface area contributed by atoms with E-state index in [1.54, 1.807) is 0 Å². The van der Waals surface area contributed by atoms with E-state index >= 15 is 0 Å². The Morgan fingerprint density at radius 2 is 2.10 bits per heavy atom. The molecular weight excluding hydrogens is 250 g/mol. The molecule has 110 valence electrons. The minimum absolute atomic E-state index is 0.344. The molecule has 0 radical (unpaired) electrons. The number of aliphatic imine (C=N–C) groups is 1. The van der Waals surface area contributed by atoms with Gasteiger partial charge in [-0.3, -0.25) is 0 Å². The van der Waals surface area contributed by atoms with Crippen molar-refractivity contribution in [3.8, 4) is 5.88 Å². The fourth-order valence-electron chi connectivity index (χ4n) is 2.33. The molecule has 0 atom stereocenters. The van der Waals surface area contributed by atoms with Gasteiger partial charge in [-0.1, -0.05) is 6.42 Å². The molecule has 20 heavy (non-hydrogen) atoms. The molecule has 1 aliphatic rings. The highest BCUT2D eigenvalue weighted by molar-refractivity contribution is 5.62. The summed E-state index contributed by atoms with van der Waals surface area (Å²) < 4.78 is 5.96. The molecule has 0 aromatic carbocycles. The number of nitrogens with zero attached hydrogens (tertiary/aromatic N) is 3. The van der Waals surface area contributed by atoms with Crippen LogP contribution in [-0.2, 0) is 0 Å². The Kier molecular flexibility index (Phi) is 5.39. The Labute approximate surface area is 121 Å². The van der Waals surface area contributed by atoms with Gasteiger partial charge in [-0.25, -0.2) is 9.98 Å². The van der Waals surface area contributed by atoms with E-state index in [0.717, 1.165) is 36.6 Å². The summed E-state index contributed by atoms with van der Waals surface area (Å²) in [7, 11) is 2.01. The van der Waals surface area contributed by atoms with E-state index in [2.05, 4.69) is 16.9 Å². The Balaban J connectivity index is 1.99. The Bertz CT molecular complexity index is 453. The number of hydrogen-bond acceptors (Lipinski definition) is 3. The Hall–Kier alpha value is -1.58. The number of ether oxygens (including phenoxy) is 1. The first-order valence-electron chi connectivity index (χ1n) is 7.57. The highest BCUT2D eigenvalue weighted by Crippen LogP contribution is 2.25. The topological polar surface area (TPSA) is 37.7 Å². The van der Waals surface area contributed by atoms with Crippen molar-refractivity contribution in [2.45, 2.75) is 52.1 Å². The lowest BCUT2D eigenvalue weighted by atomic mass is 9.98. The summed E-state index contributed by atoms with van der Waals surface area (Å²) in [5.41, 5.74) is 1.82. The van der Waals surface area contributed by atoms with Crippen molar-refractivity contribution in [3.63, 3.8) is 0 Å². The molecule has 1 fully saturated rings. The van der Waals surface area contributed by atoms with E-state index in [-0.39, 0.29) is 0 Å². The largest absolute Gasteiger partial charge is 0.474 e. The van der Waals surface area contributed by atoms with Crippen molar-refractivity contribution in [2.75, 3.05) is 13.6 Å². The first-order chi connectivity index (χ1) is 9.69. The van der Waals surface area contributed by atoms with Gasteiger partial charge >= 0.3 is 0 Å². The van der Waals surface area contributed by atoms with Crippen LogP contribution in [-0.4, -0.2) is 35.9 Å². The summed E-state index contributed by atoms with van der Waals surface area (Å²) in [4.78, 5) is 11.0. The van der Waals surface area contributed by atoms with Crippen molar-refractivity contribution in [1.29, 1.82) is 0 Å². The van der Waals surface area contributed by atoms with Gasteiger partial charge < -0.3 is 9.64 Å². The van der Waals surface area contributed by atoms with Gasteiger partial charge in [0.05, 0.1) is 17.7 Å². The summed E-state index contributed by atoms with van der Waals surface area (Å²) in [6.07, 6.45) is 8.38. The standard InChI is InChI=1S/C16H25N3O/c1-4-19(3)12-17-15-10-11-16(18-13(15)2)20-14-8-6-5-7-9-14/h10-12,14H,4-9H2,1-3H3. The molecule has 4 heteroatoms. The van der Waals surface area contributed by atoms with E-state index < -0.39 is 0 Å². The van der Waals surface area contributed by atoms with Gasteiger partial charge in [-0.15, -0.1) is 0 Å². The van der Waals surface area contributed by atoms with Crippen molar-refractivity contribution in [3.05, 3.63) is 17.8 Å². The first kappa shape index (κ1) is 14.8. The Morgan fingerprint density at radius 1 is 1.35 bits per heavy atom. The molecule has 0 bridgehead atoms. The van der Waals surface area contributed by atoms with E-state index in [0.29, 0.717) is 6.10 Å². The van der Waals surface area contributed by atoms with Gasteiger partial charge in [0.1, 0.15) is 6.10 Å². The maximum absolute atomic E-state index is 5.96. The number of aromatic nitrogens is 1. The lowest BCUT2D eigenvalue weighted by molar-refractivity contribution is 0.148. The maximum Gasteiger partial charge on any atom is 0.213 e. The lowest BCUT2D eigenvalue weighted by Gasteiger charge is -2.22. The summed E-state index contributed by atoms with van der Waals surface area (Å²) in [5.74, 6) is 0.734. The molecular formula is C16H25N3O. The van der Waals surface area contributed by atoms with Crippen molar-refractivity contribution in [1.82, 2.24) is 9.88 Å². The van der Waals surface area contributed by atoms with Gasteiger partial charge in [0.15, 0.2) is 0 Å². The highest BCUT2D eigenvalue weighted by Gasteiger charge is 2.15. The van der Waals surface area contributed by atoms with Gasteiger partial charge in [-0.2, -0.15) is 0 Å². The summed E-state index contributed by atoms with van der Waals surface area (Å²) in [6, 6.07) is 3.92. The van der Waals surface area contributed by atoms with Gasteiger partial charge in [-0.05, 0) is 45.6 Å². The molecule has 4 nitrogen and oxygen atoms in total. The zero-order chi connectivity index (χ0) is 14.4. The zero-order valence-corrected chi connectivity index (χ0v) is 12.8. The summed E-state index contributed by atoms with van der Waals surface area (Å²) in [5, 5.41) is 0. The van der Waals surface area contributed by atoms with Crippen LogP contribution in [0.3, 0.4) is 0 Å². The zero-order valence-electron chi connectivity index (χ0n) is 12.8. The van der Waals surface area contributed by atoms with Crippen molar-refractivity contribution in [2.24, 2.45) is 4.99 Å². The van der Waals surface area contributed by atoms with Crippen LogP contribution in [0, 0.1) is 6.92 Å². The van der Waals surface area contributed by atoms with Crippen LogP contribution in [0.4, 0.5) is 5.69 Å². The lowest BCUT2D eigenvalue weighted by Crippen LogP contribution is -2.20. The molecule has 1 aromatic heterocycles. The van der Waals surface area contributed by atoms with Crippen LogP contribution in [0.1, 0.15) is 44.7 Å². The van der Waals surface area contributed by atoms with Crippen LogP contribution >= 0.6 is 0 Å². The van der Waals surface area contributed by atoms with Gasteiger partial charge in [0, 0.05) is 19.7 Å². The second kappa shape index (κ2) is 7.27. The molecule has 0 amide bonds. The smallest absolute Gasteiger partial charge is 0.213 e. The third-order valence-corrected chi connectivity index (χ3v) is 3.76. The average Bonchev–Trinajstić information content (AvgIpc) is 2.47. The Morgan fingerprint density at radius 3 is 2.75 bits per heavy atom. The predicted octanol–water partition coefficient (Wildman–Crippen LogP) is 3.71. The average molecular weight is 275 g/mol. The predicted molar refractivity (Wildman–Crippen MR) is 82.9 cm³/mol. The molecule has 1 heterocycles. The molecule has 0 aliphatic heterocycles. The number of aryl methyl sites for hydroxylation is 1. The van der Waals surface area contributed by atoms with E-state index in [9.17, 15) is 0 Å². The first-order valence-corrected chi connectivity index (χ1v) is 7.57. The van der Waals surface area contributed by atoms with Gasteiger partial charge in [0.2, 0.25) is 5.88 Å². The second-order valence-corrected chi connectivity index (χ2v) is 5.45. The quantitative estimate of drug-likeness (QED) is 0.607. The summed E-state index contributed by atoms with van der Waals surface area (Å²) in [6.45, 7) is 5.02. The van der Waals surface area contributed by atoms with Crippen molar-refractivity contribution >= 4 is 12.0 Å². The van der Waals surface area contributed by atoms with Gasteiger partial charge in [0.25, 0.3) is 0 Å². The molecule has 0 spiro atoms. The molecule has 0 unspecified atom stereocenters. The normalized spacial score (nSPS) is 16.6. The summed E-state index contributed by atoms with van der Waals surface area (Å²) >= 11 is 0. The molecule has 0 saturated heterocycles. The monoisotopic (exact) mass is 275 g/mol. The van der Waals surface area contributed by atoms with E-state index in [1.807, 2.05) is 37.3 Å². The molecule has 0 N–H and O–H groups in total. The van der Waals surface area contributed by atoms with E-state index in [1.165, 1.54) is 19.3 Å². The fraction of sp³-hybridized carbons (Fsp3) is 0.625. The van der Waals surface area contributed by atoms with Crippen LogP contribution in [0.5, 0.6) is 5.88 Å². The van der Waals surface area contributed by atoms with Crippen LogP contribution < -0.4 is 4.74 Å². The van der Waals surface area contributed by atoms with Crippen molar-refractivity contribution < 1.29 is 4.74 Å². The second-order valence-electron chi connectivity index (χ2n) is 5.45. The minimum atomic E-state index is 0.344. The fourth-order valence-corrected chi connectivity index (χ4v) is 2.33. The third kappa shape index (κ3) is 4.22. The van der Waals surface area contributed by atoms with Crippen LogP contribution in [0.2, 0.25) is 0 Å². The van der Waals surface area contributed by atoms with Crippen LogP contribution in [0.25, 0.3) is 0 Å². The van der Waals surface area contributed by atoms with E-state index in [4.69, 9.17) is 4.74 Å². The number of pyridine rings is 1. The SMILES string of the molecule is CCN(C)C=Nc1ccc(OC2CCCCC2)nc1C.